The first-order chi connectivity index (χ1) is 23.1. The van der Waals surface area contributed by atoms with Gasteiger partial charge in [0.05, 0.1) is 55.4 Å². The van der Waals surface area contributed by atoms with Crippen molar-refractivity contribution in [3.63, 3.8) is 0 Å². The molecule has 0 aromatic heterocycles. The van der Waals surface area contributed by atoms with Gasteiger partial charge in [0.2, 0.25) is 0 Å². The Kier molecular flexibility index (Phi) is 8.58. The molecule has 0 amide bonds. The van der Waals surface area contributed by atoms with E-state index in [2.05, 4.69) is 164 Å². The fourth-order valence-electron chi connectivity index (χ4n) is 7.67. The van der Waals surface area contributed by atoms with Crippen LogP contribution in [-0.4, -0.2) is 64.3 Å². The van der Waals surface area contributed by atoms with Gasteiger partial charge in [-0.15, -0.1) is 0 Å². The third-order valence-electron chi connectivity index (χ3n) is 9.96. The molecule has 48 heavy (non-hydrogen) atoms. The number of quaternary nitrogens is 2. The average molecular weight is 631 g/mol. The van der Waals surface area contributed by atoms with Gasteiger partial charge in [0, 0.05) is 12.8 Å². The second-order valence-electron chi connectivity index (χ2n) is 15.8. The zero-order chi connectivity index (χ0) is 33.5. The molecule has 0 aliphatic rings. The van der Waals surface area contributed by atoms with E-state index in [0.29, 0.717) is 0 Å². The van der Waals surface area contributed by atoms with E-state index in [1.165, 1.54) is 76.5 Å². The minimum absolute atomic E-state index is 0.975. The summed E-state index contributed by atoms with van der Waals surface area (Å²) < 4.78 is 1.95. The molecule has 0 radical (unpaired) electrons. The molecule has 242 valence electrons. The largest absolute Gasteiger partial charge is 0.331 e. The predicted octanol–water partition coefficient (Wildman–Crippen LogP) is 10.9. The topological polar surface area (TPSA) is 0 Å². The number of benzene rings is 7. The highest BCUT2D eigenvalue weighted by Gasteiger charge is 2.21. The molecule has 0 unspecified atom stereocenters. The minimum Gasteiger partial charge on any atom is -0.331 e. The van der Waals surface area contributed by atoms with Crippen molar-refractivity contribution in [2.45, 2.75) is 25.7 Å². The summed E-state index contributed by atoms with van der Waals surface area (Å²) in [6.45, 7) is 2.28. The van der Waals surface area contributed by atoms with E-state index >= 15 is 0 Å². The first-order valence-corrected chi connectivity index (χ1v) is 17.6. The van der Waals surface area contributed by atoms with Gasteiger partial charge in [0.1, 0.15) is 0 Å². The number of aryl methyl sites for hydroxylation is 2. The molecule has 0 saturated heterocycles. The Morgan fingerprint density at radius 3 is 1.00 bits per heavy atom. The molecule has 0 heterocycles. The van der Waals surface area contributed by atoms with Crippen LogP contribution in [0.1, 0.15) is 24.0 Å². The molecule has 0 saturated carbocycles. The number of hydrogen-bond donors (Lipinski definition) is 0. The SMILES string of the molecule is C[N+](C)(C)CCCc1cc(CCC[N+](C)(C)C)c(-c2c3ccccc3cc3ccccc23)cc1-c1c2ccccc2cc2ccccc12. The van der Waals surface area contributed by atoms with Gasteiger partial charge in [0.25, 0.3) is 0 Å². The minimum atomic E-state index is 0.975. The Labute approximate surface area is 287 Å². The Hall–Kier alpha value is -4.50. The highest BCUT2D eigenvalue weighted by Crippen LogP contribution is 2.44. The Bertz CT molecular complexity index is 2000. The third kappa shape index (κ3) is 6.61. The van der Waals surface area contributed by atoms with Crippen molar-refractivity contribution in [2.75, 3.05) is 55.4 Å². The highest BCUT2D eigenvalue weighted by molar-refractivity contribution is 6.16. The first kappa shape index (κ1) is 32.1. The third-order valence-corrected chi connectivity index (χ3v) is 9.96. The second-order valence-corrected chi connectivity index (χ2v) is 15.8. The van der Waals surface area contributed by atoms with Crippen molar-refractivity contribution in [3.8, 4) is 22.3 Å². The molecule has 7 aromatic carbocycles. The summed E-state index contributed by atoms with van der Waals surface area (Å²) in [4.78, 5) is 0. The molecule has 2 nitrogen and oxygen atoms in total. The Morgan fingerprint density at radius 2 is 0.688 bits per heavy atom. The van der Waals surface area contributed by atoms with Crippen molar-refractivity contribution in [1.29, 1.82) is 0 Å². The maximum atomic E-state index is 2.61. The summed E-state index contributed by atoms with van der Waals surface area (Å²) in [5.41, 5.74) is 8.44. The highest BCUT2D eigenvalue weighted by atomic mass is 15.3. The van der Waals surface area contributed by atoms with Crippen LogP contribution < -0.4 is 0 Å². The summed E-state index contributed by atoms with van der Waals surface area (Å²) in [6, 6.07) is 45.9. The molecule has 7 aromatic rings. The lowest BCUT2D eigenvalue weighted by molar-refractivity contribution is -0.870. The van der Waals surface area contributed by atoms with Crippen LogP contribution in [-0.2, 0) is 12.8 Å². The van der Waals surface area contributed by atoms with Gasteiger partial charge >= 0.3 is 0 Å². The summed E-state index contributed by atoms with van der Waals surface area (Å²) in [5.74, 6) is 0. The molecular formula is C46H50N2+2. The molecule has 0 spiro atoms. The normalized spacial score (nSPS) is 12.5. The van der Waals surface area contributed by atoms with Gasteiger partial charge in [0.15, 0.2) is 0 Å². The van der Waals surface area contributed by atoms with Crippen LogP contribution in [0.4, 0.5) is 0 Å². The van der Waals surface area contributed by atoms with Crippen molar-refractivity contribution in [3.05, 3.63) is 132 Å². The molecule has 0 N–H and O–H groups in total. The van der Waals surface area contributed by atoms with Gasteiger partial charge in [-0.3, -0.25) is 0 Å². The lowest BCUT2D eigenvalue weighted by atomic mass is 9.82. The number of fused-ring (bicyclic) bond motifs is 4. The van der Waals surface area contributed by atoms with E-state index in [4.69, 9.17) is 0 Å². The molecule has 2 heteroatoms. The summed E-state index contributed by atoms with van der Waals surface area (Å²) >= 11 is 0. The summed E-state index contributed by atoms with van der Waals surface area (Å²) in [6.07, 6.45) is 4.41. The van der Waals surface area contributed by atoms with Gasteiger partial charge < -0.3 is 8.97 Å². The zero-order valence-corrected chi connectivity index (χ0v) is 29.7. The molecule has 0 aliphatic carbocycles. The van der Waals surface area contributed by atoms with Crippen LogP contribution in [0.25, 0.3) is 65.3 Å². The number of rotatable bonds is 10. The van der Waals surface area contributed by atoms with E-state index in [9.17, 15) is 0 Å². The standard InChI is InChI=1S/C46H50N2/c1-47(2,3)27-15-21-37-31-38(22-16-28-48(4,5)6)44(46-41-25-13-9-19-35(41)30-36-20-10-14-26-42(36)46)32-43(37)45-39-23-11-7-17-33(39)29-34-18-8-12-24-40(34)45/h7-14,17-20,23-26,29-32H,15-16,21-22,27-28H2,1-6H3/q+2. The van der Waals surface area contributed by atoms with E-state index in [1.807, 2.05) is 0 Å². The van der Waals surface area contributed by atoms with Crippen molar-refractivity contribution in [1.82, 2.24) is 0 Å². The lowest BCUT2D eigenvalue weighted by Gasteiger charge is -2.26. The van der Waals surface area contributed by atoms with Crippen LogP contribution in [0, 0.1) is 0 Å². The molecule has 0 bridgehead atoms. The van der Waals surface area contributed by atoms with Crippen molar-refractivity contribution in [2.24, 2.45) is 0 Å². The Morgan fingerprint density at radius 1 is 0.375 bits per heavy atom. The van der Waals surface area contributed by atoms with Gasteiger partial charge in [-0.1, -0.05) is 103 Å². The second kappa shape index (κ2) is 12.8. The van der Waals surface area contributed by atoms with Crippen LogP contribution in [0.2, 0.25) is 0 Å². The summed E-state index contributed by atoms with van der Waals surface area (Å²) in [7, 11) is 13.9. The van der Waals surface area contributed by atoms with Crippen LogP contribution in [0.3, 0.4) is 0 Å². The summed E-state index contributed by atoms with van der Waals surface area (Å²) in [5, 5.41) is 10.5. The van der Waals surface area contributed by atoms with Gasteiger partial charge in [-0.25, -0.2) is 0 Å². The average Bonchev–Trinajstić information content (AvgIpc) is 3.05. The van der Waals surface area contributed by atoms with E-state index in [-0.39, 0.29) is 0 Å². The molecule has 0 fully saturated rings. The Balaban J connectivity index is 1.57. The quantitative estimate of drug-likeness (QED) is 0.104. The van der Waals surface area contributed by atoms with Crippen LogP contribution in [0.15, 0.2) is 121 Å². The smallest absolute Gasteiger partial charge is 0.0783 e. The van der Waals surface area contributed by atoms with E-state index in [1.54, 1.807) is 0 Å². The maximum Gasteiger partial charge on any atom is 0.0783 e. The van der Waals surface area contributed by atoms with Crippen molar-refractivity contribution < 1.29 is 8.97 Å². The monoisotopic (exact) mass is 630 g/mol. The lowest BCUT2D eigenvalue weighted by Crippen LogP contribution is -2.35. The van der Waals surface area contributed by atoms with Gasteiger partial charge in [-0.05, 0) is 108 Å². The maximum absolute atomic E-state index is 2.61. The molecular weight excluding hydrogens is 581 g/mol. The number of nitrogens with zero attached hydrogens (tertiary/aromatic N) is 2. The molecule has 7 rings (SSSR count). The molecule has 0 aliphatic heterocycles. The van der Waals surface area contributed by atoms with Crippen molar-refractivity contribution >= 4 is 43.1 Å². The molecule has 0 atom stereocenters. The van der Waals surface area contributed by atoms with Crippen LogP contribution in [0.5, 0.6) is 0 Å². The fraction of sp³-hybridized carbons (Fsp3) is 0.261. The zero-order valence-electron chi connectivity index (χ0n) is 29.7. The van der Waals surface area contributed by atoms with Crippen LogP contribution >= 0.6 is 0 Å². The first-order valence-electron chi connectivity index (χ1n) is 17.6. The predicted molar refractivity (Wildman–Crippen MR) is 210 cm³/mol. The van der Waals surface area contributed by atoms with E-state index in [0.717, 1.165) is 47.7 Å². The number of hydrogen-bond acceptors (Lipinski definition) is 0. The van der Waals surface area contributed by atoms with E-state index < -0.39 is 0 Å². The van der Waals surface area contributed by atoms with Gasteiger partial charge in [-0.2, -0.15) is 0 Å². The fourth-order valence-corrected chi connectivity index (χ4v) is 7.67.